The minimum atomic E-state index is -0.0920. The molecule has 0 aliphatic heterocycles. The van der Waals surface area contributed by atoms with Gasteiger partial charge < -0.3 is 14.6 Å². The van der Waals surface area contributed by atoms with E-state index in [1.54, 1.807) is 18.2 Å². The maximum Gasteiger partial charge on any atom is 0.257 e. The standard InChI is InChI=1S/C13H11N3O3/c1-18-12-6-9(8-17)2-3-11(12)19-13-10(7-14)4-5-15-16-13/h2-6,17H,8H2,1H3. The minimum Gasteiger partial charge on any atom is -0.493 e. The number of hydrogen-bond donors (Lipinski definition) is 1. The number of nitriles is 1. The summed E-state index contributed by atoms with van der Waals surface area (Å²) in [5.41, 5.74) is 0.979. The molecule has 0 aliphatic carbocycles. The number of rotatable bonds is 4. The van der Waals surface area contributed by atoms with Crippen LogP contribution in [0.2, 0.25) is 0 Å². The van der Waals surface area contributed by atoms with Gasteiger partial charge in [0.25, 0.3) is 5.88 Å². The maximum absolute atomic E-state index is 9.06. The first kappa shape index (κ1) is 12.8. The van der Waals surface area contributed by atoms with Gasteiger partial charge in [-0.15, -0.1) is 5.10 Å². The van der Waals surface area contributed by atoms with Crippen molar-refractivity contribution in [3.63, 3.8) is 0 Å². The lowest BCUT2D eigenvalue weighted by Crippen LogP contribution is -1.97. The lowest BCUT2D eigenvalue weighted by Gasteiger charge is -2.10. The third-order valence-corrected chi connectivity index (χ3v) is 2.42. The van der Waals surface area contributed by atoms with Gasteiger partial charge in [-0.05, 0) is 23.8 Å². The van der Waals surface area contributed by atoms with E-state index in [-0.39, 0.29) is 18.1 Å². The zero-order chi connectivity index (χ0) is 13.7. The predicted molar refractivity (Wildman–Crippen MR) is 65.7 cm³/mol. The number of ether oxygens (including phenoxy) is 2. The van der Waals surface area contributed by atoms with Crippen molar-refractivity contribution in [1.82, 2.24) is 10.2 Å². The smallest absolute Gasteiger partial charge is 0.257 e. The van der Waals surface area contributed by atoms with Crippen LogP contribution in [-0.4, -0.2) is 22.4 Å². The quantitative estimate of drug-likeness (QED) is 0.895. The zero-order valence-corrected chi connectivity index (χ0v) is 10.2. The molecule has 6 nitrogen and oxygen atoms in total. The Morgan fingerprint density at radius 2 is 2.16 bits per heavy atom. The van der Waals surface area contributed by atoms with Crippen LogP contribution in [0, 0.1) is 11.3 Å². The molecular weight excluding hydrogens is 246 g/mol. The molecule has 0 spiro atoms. The summed E-state index contributed by atoms with van der Waals surface area (Å²) in [6.07, 6.45) is 1.41. The molecule has 1 N–H and O–H groups in total. The van der Waals surface area contributed by atoms with E-state index in [0.29, 0.717) is 17.1 Å². The Labute approximate surface area is 109 Å². The third kappa shape index (κ3) is 2.78. The molecular formula is C13H11N3O3. The van der Waals surface area contributed by atoms with Crippen molar-refractivity contribution >= 4 is 0 Å². The Kier molecular flexibility index (Phi) is 3.90. The van der Waals surface area contributed by atoms with E-state index in [0.717, 1.165) is 0 Å². The fourth-order valence-electron chi connectivity index (χ4n) is 1.48. The van der Waals surface area contributed by atoms with Gasteiger partial charge in [-0.3, -0.25) is 0 Å². The van der Waals surface area contributed by atoms with E-state index in [4.69, 9.17) is 19.8 Å². The summed E-state index contributed by atoms with van der Waals surface area (Å²) < 4.78 is 10.7. The molecule has 0 bridgehead atoms. The maximum atomic E-state index is 9.06. The topological polar surface area (TPSA) is 88.3 Å². The number of aliphatic hydroxyl groups excluding tert-OH is 1. The van der Waals surface area contributed by atoms with Crippen LogP contribution in [0.5, 0.6) is 17.4 Å². The highest BCUT2D eigenvalue weighted by Gasteiger charge is 2.11. The van der Waals surface area contributed by atoms with Gasteiger partial charge in [-0.1, -0.05) is 6.07 Å². The Morgan fingerprint density at radius 3 is 2.84 bits per heavy atom. The second-order valence-electron chi connectivity index (χ2n) is 3.61. The Balaban J connectivity index is 2.36. The normalized spacial score (nSPS) is 9.74. The second-order valence-corrected chi connectivity index (χ2v) is 3.61. The van der Waals surface area contributed by atoms with Crippen molar-refractivity contribution in [3.8, 4) is 23.4 Å². The summed E-state index contributed by atoms with van der Waals surface area (Å²) in [6.45, 7) is -0.0920. The number of aromatic nitrogens is 2. The molecule has 0 radical (unpaired) electrons. The van der Waals surface area contributed by atoms with Crippen molar-refractivity contribution in [1.29, 1.82) is 5.26 Å². The Morgan fingerprint density at radius 1 is 1.32 bits per heavy atom. The van der Waals surface area contributed by atoms with E-state index in [2.05, 4.69) is 10.2 Å². The van der Waals surface area contributed by atoms with E-state index >= 15 is 0 Å². The number of nitrogens with zero attached hydrogens (tertiary/aromatic N) is 3. The van der Waals surface area contributed by atoms with Gasteiger partial charge in [0.15, 0.2) is 11.5 Å². The van der Waals surface area contributed by atoms with Crippen LogP contribution >= 0.6 is 0 Å². The summed E-state index contributed by atoms with van der Waals surface area (Å²) in [5.74, 6) is 0.956. The van der Waals surface area contributed by atoms with Crippen molar-refractivity contribution < 1.29 is 14.6 Å². The SMILES string of the molecule is COc1cc(CO)ccc1Oc1nnccc1C#N. The average Bonchev–Trinajstić information content (AvgIpc) is 2.48. The van der Waals surface area contributed by atoms with E-state index in [1.807, 2.05) is 6.07 Å². The van der Waals surface area contributed by atoms with Gasteiger partial charge in [0.1, 0.15) is 11.6 Å². The molecule has 2 rings (SSSR count). The monoisotopic (exact) mass is 257 g/mol. The van der Waals surface area contributed by atoms with Crippen LogP contribution in [0.1, 0.15) is 11.1 Å². The van der Waals surface area contributed by atoms with Crippen molar-refractivity contribution in [2.45, 2.75) is 6.61 Å². The highest BCUT2D eigenvalue weighted by atomic mass is 16.5. The van der Waals surface area contributed by atoms with Gasteiger partial charge in [-0.2, -0.15) is 10.4 Å². The summed E-state index contributed by atoms with van der Waals surface area (Å²) >= 11 is 0. The molecule has 19 heavy (non-hydrogen) atoms. The third-order valence-electron chi connectivity index (χ3n) is 2.42. The predicted octanol–water partition coefficient (Wildman–Crippen LogP) is 1.64. The fraction of sp³-hybridized carbons (Fsp3) is 0.154. The Hall–Kier alpha value is -2.65. The molecule has 1 aromatic heterocycles. The van der Waals surface area contributed by atoms with Crippen LogP contribution in [0.15, 0.2) is 30.5 Å². The highest BCUT2D eigenvalue weighted by Crippen LogP contribution is 2.32. The van der Waals surface area contributed by atoms with Crippen LogP contribution in [0.3, 0.4) is 0 Å². The van der Waals surface area contributed by atoms with E-state index < -0.39 is 0 Å². The summed E-state index contributed by atoms with van der Waals surface area (Å²) in [5, 5.41) is 25.4. The first-order chi connectivity index (χ1) is 9.28. The first-order valence-corrected chi connectivity index (χ1v) is 5.46. The molecule has 0 amide bonds. The summed E-state index contributed by atoms with van der Waals surface area (Å²) in [4.78, 5) is 0. The average molecular weight is 257 g/mol. The van der Waals surface area contributed by atoms with Crippen molar-refractivity contribution in [3.05, 3.63) is 41.6 Å². The molecule has 0 saturated carbocycles. The number of methoxy groups -OCH3 is 1. The number of hydrogen-bond acceptors (Lipinski definition) is 6. The van der Waals surface area contributed by atoms with E-state index in [1.165, 1.54) is 19.4 Å². The van der Waals surface area contributed by atoms with Crippen LogP contribution in [0.25, 0.3) is 0 Å². The lowest BCUT2D eigenvalue weighted by atomic mass is 10.2. The molecule has 0 unspecified atom stereocenters. The number of aliphatic hydroxyl groups is 1. The molecule has 0 saturated heterocycles. The fourth-order valence-corrected chi connectivity index (χ4v) is 1.48. The first-order valence-electron chi connectivity index (χ1n) is 5.46. The zero-order valence-electron chi connectivity index (χ0n) is 10.2. The van der Waals surface area contributed by atoms with Crippen molar-refractivity contribution in [2.75, 3.05) is 7.11 Å². The highest BCUT2D eigenvalue weighted by molar-refractivity contribution is 5.46. The molecule has 1 aromatic carbocycles. The molecule has 2 aromatic rings. The molecule has 96 valence electrons. The van der Waals surface area contributed by atoms with Crippen LogP contribution in [-0.2, 0) is 6.61 Å². The van der Waals surface area contributed by atoms with Gasteiger partial charge >= 0.3 is 0 Å². The van der Waals surface area contributed by atoms with E-state index in [9.17, 15) is 0 Å². The van der Waals surface area contributed by atoms with Crippen LogP contribution < -0.4 is 9.47 Å². The molecule has 0 aliphatic rings. The minimum absolute atomic E-state index is 0.0920. The molecule has 0 atom stereocenters. The molecule has 1 heterocycles. The number of benzene rings is 1. The van der Waals surface area contributed by atoms with Crippen molar-refractivity contribution in [2.24, 2.45) is 0 Å². The Bertz CT molecular complexity index is 623. The van der Waals surface area contributed by atoms with Gasteiger partial charge in [0.05, 0.1) is 19.9 Å². The summed E-state index contributed by atoms with van der Waals surface area (Å²) in [6, 6.07) is 8.46. The van der Waals surface area contributed by atoms with Gasteiger partial charge in [-0.25, -0.2) is 0 Å². The van der Waals surface area contributed by atoms with Gasteiger partial charge in [0, 0.05) is 0 Å². The molecule has 0 fully saturated rings. The summed E-state index contributed by atoms with van der Waals surface area (Å²) in [7, 11) is 1.49. The second kappa shape index (κ2) is 5.80. The lowest BCUT2D eigenvalue weighted by molar-refractivity contribution is 0.280. The largest absolute Gasteiger partial charge is 0.493 e. The van der Waals surface area contributed by atoms with Gasteiger partial charge in [0.2, 0.25) is 0 Å². The molecule has 6 heteroatoms. The van der Waals surface area contributed by atoms with Crippen LogP contribution in [0.4, 0.5) is 0 Å².